The molecule has 0 aromatic carbocycles. The first-order chi connectivity index (χ1) is 14.1. The molecule has 4 heterocycles. The van der Waals surface area contributed by atoms with Crippen molar-refractivity contribution >= 4 is 5.95 Å². The van der Waals surface area contributed by atoms with Crippen molar-refractivity contribution in [3.63, 3.8) is 0 Å². The Morgan fingerprint density at radius 1 is 1.00 bits per heavy atom. The molecule has 7 nitrogen and oxygen atoms in total. The number of aryl methyl sites for hydroxylation is 1. The zero-order valence-electron chi connectivity index (χ0n) is 17.4. The molecule has 1 unspecified atom stereocenters. The third kappa shape index (κ3) is 3.44. The van der Waals surface area contributed by atoms with Crippen molar-refractivity contribution in [3.8, 4) is 0 Å². The molecule has 1 saturated carbocycles. The molecule has 0 radical (unpaired) electrons. The predicted molar refractivity (Wildman–Crippen MR) is 111 cm³/mol. The number of piperidine rings is 2. The van der Waals surface area contributed by atoms with E-state index in [1.807, 2.05) is 30.2 Å². The second-order valence-corrected chi connectivity index (χ2v) is 9.14. The van der Waals surface area contributed by atoms with Gasteiger partial charge in [-0.3, -0.25) is 4.90 Å². The minimum Gasteiger partial charge on any atom is -0.381 e. The standard InChI is InChI=1S/C22H32N6O/c1-26-11-8-23-20(26)22(29)18-6-5-7-19(22)16-27(15-18)14-17-12-24-21(25-13-17)28-9-3-2-4-10-28/h8,11-13,18-19,29H,2-7,9-10,14-16H2,1H3/t18-,19+,22?. The van der Waals surface area contributed by atoms with Gasteiger partial charge in [-0.25, -0.2) is 15.0 Å². The van der Waals surface area contributed by atoms with Gasteiger partial charge >= 0.3 is 0 Å². The van der Waals surface area contributed by atoms with E-state index < -0.39 is 5.60 Å². The highest BCUT2D eigenvalue weighted by Gasteiger charge is 2.53. The van der Waals surface area contributed by atoms with E-state index in [-0.39, 0.29) is 11.8 Å². The smallest absolute Gasteiger partial charge is 0.225 e. The first-order valence-electron chi connectivity index (χ1n) is 11.1. The second kappa shape index (κ2) is 7.69. The van der Waals surface area contributed by atoms with Crippen molar-refractivity contribution in [2.75, 3.05) is 31.1 Å². The van der Waals surface area contributed by atoms with Gasteiger partial charge in [0, 0.05) is 82.0 Å². The number of likely N-dealkylation sites (tertiary alicyclic amines) is 1. The van der Waals surface area contributed by atoms with Gasteiger partial charge in [0.2, 0.25) is 5.95 Å². The number of hydrogen-bond donors (Lipinski definition) is 1. The first kappa shape index (κ1) is 19.0. The molecule has 1 N–H and O–H groups in total. The van der Waals surface area contributed by atoms with Gasteiger partial charge in [0.25, 0.3) is 0 Å². The summed E-state index contributed by atoms with van der Waals surface area (Å²) in [6.45, 7) is 4.78. The number of nitrogens with zero attached hydrogens (tertiary/aromatic N) is 6. The van der Waals surface area contributed by atoms with Crippen LogP contribution >= 0.6 is 0 Å². The van der Waals surface area contributed by atoms with Crippen LogP contribution in [-0.4, -0.2) is 55.7 Å². The fraction of sp³-hybridized carbons (Fsp3) is 0.682. The van der Waals surface area contributed by atoms with Crippen LogP contribution in [0.1, 0.15) is 49.9 Å². The molecule has 1 aliphatic carbocycles. The zero-order chi connectivity index (χ0) is 19.8. The number of aliphatic hydroxyl groups is 1. The lowest BCUT2D eigenvalue weighted by molar-refractivity contribution is -0.155. The molecule has 0 spiro atoms. The van der Waals surface area contributed by atoms with Crippen molar-refractivity contribution in [3.05, 3.63) is 36.2 Å². The Morgan fingerprint density at radius 2 is 1.69 bits per heavy atom. The summed E-state index contributed by atoms with van der Waals surface area (Å²) in [4.78, 5) is 18.6. The molecule has 2 bridgehead atoms. The van der Waals surface area contributed by atoms with Crippen LogP contribution in [0.3, 0.4) is 0 Å². The molecular formula is C22H32N6O. The molecule has 156 valence electrons. The van der Waals surface area contributed by atoms with E-state index in [0.717, 1.165) is 62.9 Å². The summed E-state index contributed by atoms with van der Waals surface area (Å²) < 4.78 is 1.99. The van der Waals surface area contributed by atoms with Gasteiger partial charge in [-0.15, -0.1) is 0 Å². The fourth-order valence-corrected chi connectivity index (χ4v) is 5.73. The average molecular weight is 397 g/mol. The van der Waals surface area contributed by atoms with E-state index in [4.69, 9.17) is 0 Å². The van der Waals surface area contributed by atoms with Gasteiger partial charge in [0.1, 0.15) is 11.4 Å². The minimum absolute atomic E-state index is 0.227. The molecule has 2 aliphatic heterocycles. The summed E-state index contributed by atoms with van der Waals surface area (Å²) in [7, 11) is 1.99. The van der Waals surface area contributed by atoms with E-state index in [1.54, 1.807) is 6.20 Å². The summed E-state index contributed by atoms with van der Waals surface area (Å²) in [5.74, 6) is 2.16. The first-order valence-corrected chi connectivity index (χ1v) is 11.1. The number of anilines is 1. The largest absolute Gasteiger partial charge is 0.381 e. The maximum absolute atomic E-state index is 11.7. The summed E-state index contributed by atoms with van der Waals surface area (Å²) in [5.41, 5.74) is 0.355. The van der Waals surface area contributed by atoms with Crippen molar-refractivity contribution in [1.29, 1.82) is 0 Å². The predicted octanol–water partition coefficient (Wildman–Crippen LogP) is 2.32. The van der Waals surface area contributed by atoms with Gasteiger partial charge < -0.3 is 14.6 Å². The van der Waals surface area contributed by atoms with Crippen molar-refractivity contribution in [2.24, 2.45) is 18.9 Å². The van der Waals surface area contributed by atoms with Crippen molar-refractivity contribution < 1.29 is 5.11 Å². The Kier molecular flexibility index (Phi) is 5.04. The highest BCUT2D eigenvalue weighted by Crippen LogP contribution is 2.48. The van der Waals surface area contributed by atoms with E-state index in [9.17, 15) is 5.11 Å². The van der Waals surface area contributed by atoms with Gasteiger partial charge in [-0.1, -0.05) is 6.42 Å². The molecule has 0 amide bonds. The van der Waals surface area contributed by atoms with Crippen LogP contribution in [0.5, 0.6) is 0 Å². The van der Waals surface area contributed by atoms with Gasteiger partial charge in [0.05, 0.1) is 0 Å². The lowest BCUT2D eigenvalue weighted by atomic mass is 9.65. The highest BCUT2D eigenvalue weighted by atomic mass is 16.3. The third-order valence-electron chi connectivity index (χ3n) is 7.22. The Balaban J connectivity index is 1.29. The number of imidazole rings is 1. The number of hydrogen-bond acceptors (Lipinski definition) is 6. The highest BCUT2D eigenvalue weighted by molar-refractivity contribution is 5.30. The molecule has 2 aromatic rings. The number of aromatic nitrogens is 4. The minimum atomic E-state index is -0.804. The van der Waals surface area contributed by atoms with Gasteiger partial charge in [0.15, 0.2) is 0 Å². The van der Waals surface area contributed by atoms with Gasteiger partial charge in [-0.05, 0) is 32.1 Å². The Labute approximate surface area is 172 Å². The Hall–Kier alpha value is -1.99. The SMILES string of the molecule is Cn1ccnc1C1(O)[C@@H]2CCC[C@H]1CN(Cc1cnc(N3CCCCC3)nc1)C2. The lowest BCUT2D eigenvalue weighted by Crippen LogP contribution is -2.58. The molecule has 2 saturated heterocycles. The average Bonchev–Trinajstić information content (AvgIpc) is 3.17. The molecule has 5 rings (SSSR count). The van der Waals surface area contributed by atoms with Gasteiger partial charge in [-0.2, -0.15) is 0 Å². The van der Waals surface area contributed by atoms with Crippen LogP contribution in [-0.2, 0) is 19.2 Å². The molecule has 2 aromatic heterocycles. The van der Waals surface area contributed by atoms with E-state index in [0.29, 0.717) is 0 Å². The molecule has 3 atom stereocenters. The lowest BCUT2D eigenvalue weighted by Gasteiger charge is -2.52. The maximum atomic E-state index is 11.7. The van der Waals surface area contributed by atoms with Crippen LogP contribution in [0.25, 0.3) is 0 Å². The van der Waals surface area contributed by atoms with Crippen LogP contribution < -0.4 is 4.90 Å². The Morgan fingerprint density at radius 3 is 2.31 bits per heavy atom. The molecule has 3 fully saturated rings. The van der Waals surface area contributed by atoms with Crippen LogP contribution in [0.2, 0.25) is 0 Å². The van der Waals surface area contributed by atoms with Crippen molar-refractivity contribution in [1.82, 2.24) is 24.4 Å². The monoisotopic (exact) mass is 396 g/mol. The zero-order valence-corrected chi connectivity index (χ0v) is 17.4. The third-order valence-corrected chi connectivity index (χ3v) is 7.22. The molecule has 7 heteroatoms. The van der Waals surface area contributed by atoms with Crippen LogP contribution in [0.4, 0.5) is 5.95 Å². The normalized spacial score (nSPS) is 30.5. The number of fused-ring (bicyclic) bond motifs is 2. The molecule has 29 heavy (non-hydrogen) atoms. The second-order valence-electron chi connectivity index (χ2n) is 9.14. The summed E-state index contributed by atoms with van der Waals surface area (Å²) in [5, 5.41) is 11.7. The van der Waals surface area contributed by atoms with E-state index in [1.165, 1.54) is 25.7 Å². The van der Waals surface area contributed by atoms with E-state index in [2.05, 4.69) is 24.8 Å². The fourth-order valence-electron chi connectivity index (χ4n) is 5.73. The van der Waals surface area contributed by atoms with E-state index >= 15 is 0 Å². The number of rotatable bonds is 4. The Bertz CT molecular complexity index is 814. The van der Waals surface area contributed by atoms with Crippen LogP contribution in [0.15, 0.2) is 24.8 Å². The molecular weight excluding hydrogens is 364 g/mol. The summed E-state index contributed by atoms with van der Waals surface area (Å²) in [6, 6.07) is 0. The topological polar surface area (TPSA) is 70.3 Å². The quantitative estimate of drug-likeness (QED) is 0.855. The summed E-state index contributed by atoms with van der Waals surface area (Å²) in [6.07, 6.45) is 14.8. The maximum Gasteiger partial charge on any atom is 0.225 e. The summed E-state index contributed by atoms with van der Waals surface area (Å²) >= 11 is 0. The van der Waals surface area contributed by atoms with Crippen LogP contribution in [0, 0.1) is 11.8 Å². The molecule has 3 aliphatic rings. The van der Waals surface area contributed by atoms with Crippen molar-refractivity contribution in [2.45, 2.75) is 50.7 Å².